The molecule has 17 heavy (non-hydrogen) atoms. The molecule has 0 saturated heterocycles. The minimum Gasteiger partial charge on any atom is -0.491 e. The van der Waals surface area contributed by atoms with Crippen LogP contribution in [0.2, 0.25) is 10.0 Å². The first-order chi connectivity index (χ1) is 8.13. The molecule has 0 aromatic heterocycles. The number of methoxy groups -OCH3 is 1. The average Bonchev–Trinajstić information content (AvgIpc) is 2.27. The quantitative estimate of drug-likeness (QED) is 0.778. The second kappa shape index (κ2) is 7.77. The van der Waals surface area contributed by atoms with Crippen molar-refractivity contribution in [2.75, 3.05) is 26.9 Å². The van der Waals surface area contributed by atoms with Crippen LogP contribution in [-0.2, 0) is 4.74 Å². The third-order valence-electron chi connectivity index (χ3n) is 2.16. The van der Waals surface area contributed by atoms with Gasteiger partial charge in [-0.25, -0.2) is 0 Å². The Balaban J connectivity index is 2.26. The fourth-order valence-corrected chi connectivity index (χ4v) is 1.83. The van der Waals surface area contributed by atoms with Crippen molar-refractivity contribution in [2.24, 2.45) is 0 Å². The number of rotatable bonds is 7. The van der Waals surface area contributed by atoms with Crippen LogP contribution < -0.4 is 10.1 Å². The Labute approximate surface area is 112 Å². The van der Waals surface area contributed by atoms with Crippen molar-refractivity contribution >= 4 is 23.2 Å². The second-order valence-corrected chi connectivity index (χ2v) is 4.58. The first kappa shape index (κ1) is 14.6. The molecule has 1 aromatic carbocycles. The molecule has 1 rings (SSSR count). The van der Waals surface area contributed by atoms with Crippen LogP contribution >= 0.6 is 23.2 Å². The van der Waals surface area contributed by atoms with Gasteiger partial charge in [0.25, 0.3) is 0 Å². The topological polar surface area (TPSA) is 30.5 Å². The molecule has 1 unspecified atom stereocenters. The minimum atomic E-state index is 0.310. The zero-order valence-corrected chi connectivity index (χ0v) is 11.5. The summed E-state index contributed by atoms with van der Waals surface area (Å²) in [6.07, 6.45) is 0. The van der Waals surface area contributed by atoms with Crippen molar-refractivity contribution in [2.45, 2.75) is 13.0 Å². The van der Waals surface area contributed by atoms with Crippen LogP contribution in [0.15, 0.2) is 18.2 Å². The highest BCUT2D eigenvalue weighted by molar-refractivity contribution is 6.35. The molecule has 0 saturated carbocycles. The van der Waals surface area contributed by atoms with Crippen molar-refractivity contribution in [3.63, 3.8) is 0 Å². The van der Waals surface area contributed by atoms with Gasteiger partial charge in [-0.05, 0) is 25.1 Å². The van der Waals surface area contributed by atoms with Crippen LogP contribution in [0.5, 0.6) is 5.75 Å². The summed E-state index contributed by atoms with van der Waals surface area (Å²) in [6, 6.07) is 5.50. The highest BCUT2D eigenvalue weighted by atomic mass is 35.5. The van der Waals surface area contributed by atoms with Gasteiger partial charge < -0.3 is 14.8 Å². The molecule has 0 radical (unpaired) electrons. The lowest BCUT2D eigenvalue weighted by molar-refractivity contribution is 0.169. The lowest BCUT2D eigenvalue weighted by Gasteiger charge is -2.13. The largest absolute Gasteiger partial charge is 0.491 e. The maximum absolute atomic E-state index is 5.97. The second-order valence-electron chi connectivity index (χ2n) is 3.73. The van der Waals surface area contributed by atoms with Gasteiger partial charge in [-0.15, -0.1) is 0 Å². The summed E-state index contributed by atoms with van der Waals surface area (Å²) in [5.41, 5.74) is 0. The summed E-state index contributed by atoms with van der Waals surface area (Å²) in [5.74, 6) is 0.650. The lowest BCUT2D eigenvalue weighted by Crippen LogP contribution is -2.33. The molecular weight excluding hydrogens is 261 g/mol. The fraction of sp³-hybridized carbons (Fsp3) is 0.500. The predicted molar refractivity (Wildman–Crippen MR) is 71.3 cm³/mol. The minimum absolute atomic E-state index is 0.310. The van der Waals surface area contributed by atoms with Gasteiger partial charge in [-0.3, -0.25) is 0 Å². The van der Waals surface area contributed by atoms with Crippen LogP contribution in [0.25, 0.3) is 0 Å². The van der Waals surface area contributed by atoms with Crippen molar-refractivity contribution in [1.82, 2.24) is 5.32 Å². The van der Waals surface area contributed by atoms with E-state index >= 15 is 0 Å². The van der Waals surface area contributed by atoms with Crippen molar-refractivity contribution in [3.05, 3.63) is 28.2 Å². The Morgan fingerprint density at radius 1 is 1.35 bits per heavy atom. The highest BCUT2D eigenvalue weighted by Gasteiger charge is 2.03. The molecule has 1 aromatic rings. The van der Waals surface area contributed by atoms with Crippen LogP contribution in [-0.4, -0.2) is 32.9 Å². The van der Waals surface area contributed by atoms with Crippen molar-refractivity contribution < 1.29 is 9.47 Å². The molecule has 0 spiro atoms. The van der Waals surface area contributed by atoms with E-state index in [1.54, 1.807) is 25.3 Å². The molecule has 1 atom stereocenters. The first-order valence-corrected chi connectivity index (χ1v) is 6.19. The van der Waals surface area contributed by atoms with Gasteiger partial charge in [0.05, 0.1) is 11.6 Å². The molecule has 0 aliphatic carbocycles. The molecule has 1 N–H and O–H groups in total. The zero-order valence-electron chi connectivity index (χ0n) is 10.0. The number of ether oxygens (including phenoxy) is 2. The number of halogens is 2. The Hall–Kier alpha value is -0.480. The normalized spacial score (nSPS) is 12.5. The van der Waals surface area contributed by atoms with E-state index in [2.05, 4.69) is 12.2 Å². The summed E-state index contributed by atoms with van der Waals surface area (Å²) in [5, 5.41) is 4.40. The van der Waals surface area contributed by atoms with Crippen LogP contribution in [0.3, 0.4) is 0 Å². The standard InChI is InChI=1S/C12H17Cl2NO2/c1-9(8-16-2)15-5-6-17-12-4-3-10(13)7-11(12)14/h3-4,7,9,15H,5-6,8H2,1-2H3. The molecule has 0 heterocycles. The van der Waals surface area contributed by atoms with Gasteiger partial charge in [0, 0.05) is 24.7 Å². The van der Waals surface area contributed by atoms with E-state index < -0.39 is 0 Å². The van der Waals surface area contributed by atoms with E-state index in [1.807, 2.05) is 0 Å². The molecule has 96 valence electrons. The van der Waals surface area contributed by atoms with Crippen LogP contribution in [0.4, 0.5) is 0 Å². The SMILES string of the molecule is COCC(C)NCCOc1ccc(Cl)cc1Cl. The van der Waals surface area contributed by atoms with Crippen LogP contribution in [0.1, 0.15) is 6.92 Å². The Morgan fingerprint density at radius 2 is 2.12 bits per heavy atom. The van der Waals surface area contributed by atoms with Gasteiger partial charge >= 0.3 is 0 Å². The molecule has 5 heteroatoms. The van der Waals surface area contributed by atoms with Crippen LogP contribution in [0, 0.1) is 0 Å². The van der Waals surface area contributed by atoms with E-state index in [0.29, 0.717) is 35.1 Å². The summed E-state index contributed by atoms with van der Waals surface area (Å²) >= 11 is 11.8. The van der Waals surface area contributed by atoms with Gasteiger partial charge in [-0.1, -0.05) is 23.2 Å². The highest BCUT2D eigenvalue weighted by Crippen LogP contribution is 2.27. The summed E-state index contributed by atoms with van der Waals surface area (Å²) in [6.45, 7) is 4.03. The van der Waals surface area contributed by atoms with E-state index in [1.165, 1.54) is 0 Å². The van der Waals surface area contributed by atoms with E-state index in [-0.39, 0.29) is 0 Å². The third-order valence-corrected chi connectivity index (χ3v) is 2.69. The molecule has 0 fully saturated rings. The summed E-state index contributed by atoms with van der Waals surface area (Å²) in [7, 11) is 1.68. The fourth-order valence-electron chi connectivity index (χ4n) is 1.37. The Morgan fingerprint density at radius 3 is 2.76 bits per heavy atom. The molecule has 3 nitrogen and oxygen atoms in total. The first-order valence-electron chi connectivity index (χ1n) is 5.43. The van der Waals surface area contributed by atoms with Crippen molar-refractivity contribution in [1.29, 1.82) is 0 Å². The average molecular weight is 278 g/mol. The molecule has 0 aliphatic heterocycles. The van der Waals surface area contributed by atoms with Gasteiger partial charge in [0.2, 0.25) is 0 Å². The van der Waals surface area contributed by atoms with Crippen molar-refractivity contribution in [3.8, 4) is 5.75 Å². The molecule has 0 bridgehead atoms. The predicted octanol–water partition coefficient (Wildman–Crippen LogP) is 3.00. The third kappa shape index (κ3) is 5.59. The number of hydrogen-bond acceptors (Lipinski definition) is 3. The number of nitrogens with one attached hydrogen (secondary N) is 1. The molecular formula is C12H17Cl2NO2. The lowest BCUT2D eigenvalue weighted by atomic mass is 10.3. The number of hydrogen-bond donors (Lipinski definition) is 1. The Kier molecular flexibility index (Phi) is 6.66. The van der Waals surface area contributed by atoms with E-state index in [9.17, 15) is 0 Å². The van der Waals surface area contributed by atoms with Gasteiger partial charge in [0.1, 0.15) is 12.4 Å². The van der Waals surface area contributed by atoms with E-state index in [4.69, 9.17) is 32.7 Å². The van der Waals surface area contributed by atoms with Gasteiger partial charge in [-0.2, -0.15) is 0 Å². The zero-order chi connectivity index (χ0) is 12.7. The summed E-state index contributed by atoms with van der Waals surface area (Å²) in [4.78, 5) is 0. The molecule has 0 aliphatic rings. The monoisotopic (exact) mass is 277 g/mol. The summed E-state index contributed by atoms with van der Waals surface area (Å²) < 4.78 is 10.5. The Bertz CT molecular complexity index is 347. The smallest absolute Gasteiger partial charge is 0.138 e. The maximum atomic E-state index is 5.97. The number of benzene rings is 1. The maximum Gasteiger partial charge on any atom is 0.138 e. The van der Waals surface area contributed by atoms with E-state index in [0.717, 1.165) is 6.54 Å². The molecule has 0 amide bonds. The van der Waals surface area contributed by atoms with Gasteiger partial charge in [0.15, 0.2) is 0 Å².